The summed E-state index contributed by atoms with van der Waals surface area (Å²) < 4.78 is 47.2. The van der Waals surface area contributed by atoms with Crippen LogP contribution in [0.1, 0.15) is 20.3 Å². The monoisotopic (exact) mass is 572 g/mol. The normalized spacial score (nSPS) is 11.6. The highest BCUT2D eigenvalue weighted by Gasteiger charge is 2.19. The van der Waals surface area contributed by atoms with Gasteiger partial charge in [-0.05, 0) is 66.5 Å². The molecule has 0 aliphatic carbocycles. The SMILES string of the molecule is CC(C)OC(=O)NCCCNS(=O)(=O)c1cc(-c2nc(-c3ccc(Br)c(F)c3)c[nH]2)ccc1Cl. The summed E-state index contributed by atoms with van der Waals surface area (Å²) in [5.41, 5.74) is 1.56. The lowest BCUT2D eigenvalue weighted by molar-refractivity contribution is 0.115. The van der Waals surface area contributed by atoms with E-state index in [0.29, 0.717) is 33.5 Å². The number of halogens is 3. The molecule has 0 spiro atoms. The van der Waals surface area contributed by atoms with Crippen molar-refractivity contribution >= 4 is 43.6 Å². The molecule has 1 amide bonds. The molecule has 0 bridgehead atoms. The summed E-state index contributed by atoms with van der Waals surface area (Å²) in [5, 5.41) is 2.60. The summed E-state index contributed by atoms with van der Waals surface area (Å²) in [6.45, 7) is 3.80. The van der Waals surface area contributed by atoms with Crippen molar-refractivity contribution in [2.75, 3.05) is 13.1 Å². The standard InChI is InChI=1S/C22H23BrClFN4O4S/c1-13(2)33-22(30)26-8-3-9-28-34(31,32)20-11-15(5-7-17(20)24)21-27-12-19(29-21)14-4-6-16(23)18(25)10-14/h4-7,10-13,28H,3,8-9H2,1-2H3,(H,26,30)(H,27,29). The van der Waals surface area contributed by atoms with E-state index < -0.39 is 21.9 Å². The molecule has 0 atom stereocenters. The van der Waals surface area contributed by atoms with Gasteiger partial charge in [0, 0.05) is 30.4 Å². The van der Waals surface area contributed by atoms with Crippen molar-refractivity contribution in [3.8, 4) is 22.6 Å². The van der Waals surface area contributed by atoms with E-state index in [1.54, 1.807) is 38.2 Å². The average Bonchev–Trinajstić information content (AvgIpc) is 3.25. The van der Waals surface area contributed by atoms with Crippen LogP contribution in [-0.4, -0.2) is 43.7 Å². The van der Waals surface area contributed by atoms with Gasteiger partial charge in [0.15, 0.2) is 0 Å². The molecule has 2 aromatic carbocycles. The van der Waals surface area contributed by atoms with Gasteiger partial charge in [-0.25, -0.2) is 27.3 Å². The predicted molar refractivity (Wildman–Crippen MR) is 132 cm³/mol. The number of hydrogen-bond donors (Lipinski definition) is 3. The number of nitrogens with zero attached hydrogens (tertiary/aromatic N) is 1. The molecule has 34 heavy (non-hydrogen) atoms. The summed E-state index contributed by atoms with van der Waals surface area (Å²) in [6, 6.07) is 9.16. The molecular formula is C22H23BrClFN4O4S. The number of amides is 1. The number of sulfonamides is 1. The first kappa shape index (κ1) is 26.1. The number of ether oxygens (including phenoxy) is 1. The molecule has 0 unspecified atom stereocenters. The summed E-state index contributed by atoms with van der Waals surface area (Å²) >= 11 is 9.28. The Morgan fingerprint density at radius 2 is 1.94 bits per heavy atom. The molecule has 3 N–H and O–H groups in total. The molecule has 1 heterocycles. The minimum atomic E-state index is -3.92. The number of carbonyl (C=O) groups is 1. The average molecular weight is 574 g/mol. The van der Waals surface area contributed by atoms with E-state index in [4.69, 9.17) is 16.3 Å². The number of aromatic amines is 1. The third kappa shape index (κ3) is 6.78. The minimum Gasteiger partial charge on any atom is -0.447 e. The maximum atomic E-state index is 13.9. The number of H-pyrrole nitrogens is 1. The Hall–Kier alpha value is -2.47. The second kappa shape index (κ2) is 11.3. The second-order valence-corrected chi connectivity index (χ2v) is 10.5. The van der Waals surface area contributed by atoms with E-state index in [9.17, 15) is 17.6 Å². The molecule has 1 aromatic heterocycles. The lowest BCUT2D eigenvalue weighted by Crippen LogP contribution is -2.31. The number of nitrogens with one attached hydrogen (secondary N) is 3. The molecule has 3 rings (SSSR count). The number of rotatable bonds is 9. The molecule has 0 radical (unpaired) electrons. The van der Waals surface area contributed by atoms with Gasteiger partial charge < -0.3 is 15.0 Å². The Bertz CT molecular complexity index is 1280. The van der Waals surface area contributed by atoms with E-state index >= 15 is 0 Å². The molecule has 0 aliphatic rings. The summed E-state index contributed by atoms with van der Waals surface area (Å²) in [6.07, 6.45) is 1.16. The Kier molecular flexibility index (Phi) is 8.69. The van der Waals surface area contributed by atoms with Crippen LogP contribution in [0.2, 0.25) is 5.02 Å². The van der Waals surface area contributed by atoms with Crippen LogP contribution in [0.3, 0.4) is 0 Å². The Morgan fingerprint density at radius 1 is 1.21 bits per heavy atom. The van der Waals surface area contributed by atoms with E-state index in [-0.39, 0.29) is 29.1 Å². The number of aromatic nitrogens is 2. The van der Waals surface area contributed by atoms with Crippen molar-refractivity contribution < 1.29 is 22.3 Å². The van der Waals surface area contributed by atoms with E-state index in [2.05, 4.69) is 35.9 Å². The first-order valence-electron chi connectivity index (χ1n) is 10.3. The molecular weight excluding hydrogens is 551 g/mol. The smallest absolute Gasteiger partial charge is 0.407 e. The minimum absolute atomic E-state index is 0.0525. The van der Waals surface area contributed by atoms with Gasteiger partial charge in [0.05, 0.1) is 21.3 Å². The van der Waals surface area contributed by atoms with E-state index in [0.717, 1.165) is 0 Å². The number of benzene rings is 2. The number of carbonyl (C=O) groups excluding carboxylic acids is 1. The Labute approximate surface area is 210 Å². The van der Waals surface area contributed by atoms with Crippen LogP contribution < -0.4 is 10.0 Å². The van der Waals surface area contributed by atoms with Crippen molar-refractivity contribution in [3.05, 3.63) is 57.9 Å². The van der Waals surface area contributed by atoms with E-state index in [1.165, 1.54) is 18.2 Å². The zero-order valence-electron chi connectivity index (χ0n) is 18.4. The van der Waals surface area contributed by atoms with Crippen LogP contribution in [-0.2, 0) is 14.8 Å². The first-order chi connectivity index (χ1) is 16.1. The van der Waals surface area contributed by atoms with Gasteiger partial charge in [-0.15, -0.1) is 0 Å². The lowest BCUT2D eigenvalue weighted by atomic mass is 10.2. The van der Waals surface area contributed by atoms with Gasteiger partial charge in [0.1, 0.15) is 16.5 Å². The highest BCUT2D eigenvalue weighted by Crippen LogP contribution is 2.29. The molecule has 12 heteroatoms. The highest BCUT2D eigenvalue weighted by molar-refractivity contribution is 9.10. The van der Waals surface area contributed by atoms with Crippen LogP contribution in [0.25, 0.3) is 22.6 Å². The molecule has 0 saturated carbocycles. The largest absolute Gasteiger partial charge is 0.447 e. The van der Waals surface area contributed by atoms with Gasteiger partial charge >= 0.3 is 6.09 Å². The van der Waals surface area contributed by atoms with Crippen LogP contribution in [0.15, 0.2) is 52.0 Å². The third-order valence-corrected chi connectivity index (χ3v) is 7.13. The zero-order chi connectivity index (χ0) is 24.9. The quantitative estimate of drug-likeness (QED) is 0.308. The molecule has 0 fully saturated rings. The molecule has 0 saturated heterocycles. The fraction of sp³-hybridized carbons (Fsp3) is 0.273. The topological polar surface area (TPSA) is 113 Å². The third-order valence-electron chi connectivity index (χ3n) is 4.55. The van der Waals surface area contributed by atoms with Crippen LogP contribution in [0.4, 0.5) is 9.18 Å². The summed E-state index contributed by atoms with van der Waals surface area (Å²) in [7, 11) is -3.92. The van der Waals surface area contributed by atoms with Crippen molar-refractivity contribution in [1.29, 1.82) is 0 Å². The Morgan fingerprint density at radius 3 is 2.65 bits per heavy atom. The van der Waals surface area contributed by atoms with Crippen LogP contribution in [0.5, 0.6) is 0 Å². The van der Waals surface area contributed by atoms with Crippen molar-refractivity contribution in [3.63, 3.8) is 0 Å². The molecule has 0 aliphatic heterocycles. The predicted octanol–water partition coefficient (Wildman–Crippen LogP) is 5.10. The maximum absolute atomic E-state index is 13.9. The van der Waals surface area contributed by atoms with Crippen LogP contribution in [0, 0.1) is 5.82 Å². The van der Waals surface area contributed by atoms with Gasteiger partial charge in [0.25, 0.3) is 0 Å². The van der Waals surface area contributed by atoms with Crippen molar-refractivity contribution in [1.82, 2.24) is 20.0 Å². The molecule has 8 nitrogen and oxygen atoms in total. The molecule has 182 valence electrons. The summed E-state index contributed by atoms with van der Waals surface area (Å²) in [5.74, 6) is -0.0145. The van der Waals surface area contributed by atoms with Gasteiger partial charge in [-0.3, -0.25) is 0 Å². The second-order valence-electron chi connectivity index (χ2n) is 7.54. The summed E-state index contributed by atoms with van der Waals surface area (Å²) in [4.78, 5) is 18.8. The van der Waals surface area contributed by atoms with Crippen molar-refractivity contribution in [2.45, 2.75) is 31.3 Å². The van der Waals surface area contributed by atoms with Crippen LogP contribution >= 0.6 is 27.5 Å². The fourth-order valence-electron chi connectivity index (χ4n) is 2.95. The lowest BCUT2D eigenvalue weighted by Gasteiger charge is -2.11. The van der Waals surface area contributed by atoms with Gasteiger partial charge in [0.2, 0.25) is 10.0 Å². The first-order valence-corrected chi connectivity index (χ1v) is 13.0. The van der Waals surface area contributed by atoms with Gasteiger partial charge in [-0.2, -0.15) is 0 Å². The number of imidazole rings is 1. The zero-order valence-corrected chi connectivity index (χ0v) is 21.5. The van der Waals surface area contributed by atoms with Gasteiger partial charge in [-0.1, -0.05) is 17.7 Å². The maximum Gasteiger partial charge on any atom is 0.407 e. The Balaban J connectivity index is 1.69. The molecule has 3 aromatic rings. The number of alkyl carbamates (subject to hydrolysis) is 1. The van der Waals surface area contributed by atoms with E-state index in [1.807, 2.05) is 0 Å². The fourth-order valence-corrected chi connectivity index (χ4v) is 4.79. The number of hydrogen-bond acceptors (Lipinski definition) is 5. The highest BCUT2D eigenvalue weighted by atomic mass is 79.9. The van der Waals surface area contributed by atoms with Crippen molar-refractivity contribution in [2.24, 2.45) is 0 Å².